The summed E-state index contributed by atoms with van der Waals surface area (Å²) in [6.45, 7) is 0. The van der Waals surface area contributed by atoms with Crippen LogP contribution in [0.3, 0.4) is 0 Å². The molecule has 4 heteroatoms. The van der Waals surface area contributed by atoms with Crippen LogP contribution in [0.5, 0.6) is 0 Å². The Morgan fingerprint density at radius 3 is 3.11 bits per heavy atom. The second-order valence-corrected chi connectivity index (χ2v) is 2.96. The van der Waals surface area contributed by atoms with E-state index in [1.165, 1.54) is 11.8 Å². The van der Waals surface area contributed by atoms with E-state index < -0.39 is 0 Å². The third-order valence-electron chi connectivity index (χ3n) is 1.05. The van der Waals surface area contributed by atoms with Crippen LogP contribution in [0.4, 0.5) is 0 Å². The zero-order valence-corrected chi connectivity index (χ0v) is 5.61. The smallest absolute Gasteiger partial charge is 0.230 e. The molecule has 1 amide bonds. The van der Waals surface area contributed by atoms with Crippen molar-refractivity contribution < 1.29 is 9.59 Å². The van der Waals surface area contributed by atoms with Crippen LogP contribution in [0.1, 0.15) is 6.42 Å². The van der Waals surface area contributed by atoms with Crippen molar-refractivity contribution in [1.82, 2.24) is 5.32 Å². The second kappa shape index (κ2) is 2.87. The fraction of sp³-hybridized carbons (Fsp3) is 0.600. The summed E-state index contributed by atoms with van der Waals surface area (Å²) in [4.78, 5) is 20.4. The van der Waals surface area contributed by atoms with Crippen LogP contribution in [-0.2, 0) is 9.59 Å². The molecular formula is C5H7NO2S. The lowest BCUT2D eigenvalue weighted by atomic mass is 10.4. The van der Waals surface area contributed by atoms with Crippen molar-refractivity contribution in [2.75, 3.05) is 5.75 Å². The Kier molecular flexibility index (Phi) is 2.10. The molecule has 0 aromatic rings. The Labute approximate surface area is 57.2 Å². The van der Waals surface area contributed by atoms with E-state index in [1.54, 1.807) is 0 Å². The van der Waals surface area contributed by atoms with E-state index in [0.29, 0.717) is 12.2 Å². The minimum Gasteiger partial charge on any atom is -0.343 e. The van der Waals surface area contributed by atoms with Crippen LogP contribution in [0, 0.1) is 0 Å². The lowest BCUT2D eigenvalue weighted by Crippen LogP contribution is -2.24. The number of hydrogen-bond donors (Lipinski definition) is 1. The summed E-state index contributed by atoms with van der Waals surface area (Å²) >= 11 is 1.48. The first-order valence-corrected chi connectivity index (χ1v) is 3.72. The maximum atomic E-state index is 10.5. The Bertz CT molecular complexity index is 137. The predicted octanol–water partition coefficient (Wildman–Crippen LogP) is -0.235. The molecule has 0 bridgehead atoms. The Balaban J connectivity index is 2.29. The van der Waals surface area contributed by atoms with Crippen molar-refractivity contribution in [2.45, 2.75) is 11.8 Å². The normalized spacial score (nSPS) is 25.8. The molecular weight excluding hydrogens is 138 g/mol. The first kappa shape index (κ1) is 6.61. The molecule has 9 heavy (non-hydrogen) atoms. The molecule has 50 valence electrons. The van der Waals surface area contributed by atoms with Crippen LogP contribution in [0.25, 0.3) is 0 Å². The molecule has 1 saturated heterocycles. The zero-order chi connectivity index (χ0) is 6.69. The van der Waals surface area contributed by atoms with E-state index in [2.05, 4.69) is 5.32 Å². The minimum atomic E-state index is 0.0341. The fourth-order valence-electron chi connectivity index (χ4n) is 0.654. The number of carbonyl (C=O) groups excluding carboxylic acids is 2. The maximum Gasteiger partial charge on any atom is 0.230 e. The Hall–Kier alpha value is -0.510. The van der Waals surface area contributed by atoms with Crippen LogP contribution >= 0.6 is 11.8 Å². The predicted molar refractivity (Wildman–Crippen MR) is 35.1 cm³/mol. The van der Waals surface area contributed by atoms with E-state index in [-0.39, 0.29) is 11.3 Å². The van der Waals surface area contributed by atoms with Gasteiger partial charge in [-0.15, -0.1) is 11.8 Å². The summed E-state index contributed by atoms with van der Waals surface area (Å²) < 4.78 is 0. The molecule has 0 radical (unpaired) electrons. The van der Waals surface area contributed by atoms with Crippen molar-refractivity contribution in [3.05, 3.63) is 0 Å². The standard InChI is InChI=1S/C5H7NO2S/c7-2-1-5-6-4(8)3-9-5/h2,5H,1,3H2,(H,6,8). The highest BCUT2D eigenvalue weighted by molar-refractivity contribution is 8.01. The summed E-state index contributed by atoms with van der Waals surface area (Å²) in [5.74, 6) is 0.533. The molecule has 1 atom stereocenters. The number of rotatable bonds is 2. The molecule has 1 heterocycles. The number of amides is 1. The number of nitrogens with one attached hydrogen (secondary N) is 1. The van der Waals surface area contributed by atoms with Crippen LogP contribution in [0.2, 0.25) is 0 Å². The molecule has 0 aliphatic carbocycles. The summed E-state index contributed by atoms with van der Waals surface area (Å²) in [6.07, 6.45) is 1.25. The van der Waals surface area contributed by atoms with E-state index in [1.807, 2.05) is 0 Å². The van der Waals surface area contributed by atoms with Gasteiger partial charge in [0.15, 0.2) is 0 Å². The van der Waals surface area contributed by atoms with Gasteiger partial charge in [0.25, 0.3) is 0 Å². The fourth-order valence-corrected chi connectivity index (χ4v) is 1.52. The third-order valence-corrected chi connectivity index (χ3v) is 2.19. The van der Waals surface area contributed by atoms with Gasteiger partial charge in [-0.3, -0.25) is 4.79 Å². The molecule has 0 saturated carbocycles. The summed E-state index contributed by atoms with van der Waals surface area (Å²) in [7, 11) is 0. The monoisotopic (exact) mass is 145 g/mol. The highest BCUT2D eigenvalue weighted by Crippen LogP contribution is 2.15. The van der Waals surface area contributed by atoms with Gasteiger partial charge < -0.3 is 10.1 Å². The van der Waals surface area contributed by atoms with Gasteiger partial charge >= 0.3 is 0 Å². The second-order valence-electron chi connectivity index (χ2n) is 1.77. The van der Waals surface area contributed by atoms with E-state index in [4.69, 9.17) is 0 Å². The summed E-state index contributed by atoms with van der Waals surface area (Å²) in [6, 6.07) is 0. The molecule has 1 N–H and O–H groups in total. The molecule has 1 rings (SSSR count). The van der Waals surface area contributed by atoms with Crippen LogP contribution in [0.15, 0.2) is 0 Å². The largest absolute Gasteiger partial charge is 0.343 e. The van der Waals surface area contributed by atoms with E-state index in [0.717, 1.165) is 6.29 Å². The maximum absolute atomic E-state index is 10.5. The highest BCUT2D eigenvalue weighted by Gasteiger charge is 2.19. The van der Waals surface area contributed by atoms with Crippen LogP contribution < -0.4 is 5.32 Å². The van der Waals surface area contributed by atoms with Crippen molar-refractivity contribution in [3.8, 4) is 0 Å². The number of aldehydes is 1. The first-order valence-electron chi connectivity index (χ1n) is 2.67. The average Bonchev–Trinajstić information content (AvgIpc) is 2.17. The van der Waals surface area contributed by atoms with Crippen molar-refractivity contribution in [2.24, 2.45) is 0 Å². The van der Waals surface area contributed by atoms with Crippen molar-refractivity contribution >= 4 is 24.0 Å². The SMILES string of the molecule is O=CCC1NC(=O)CS1. The quantitative estimate of drug-likeness (QED) is 0.546. The van der Waals surface area contributed by atoms with Gasteiger partial charge in [0, 0.05) is 6.42 Å². The molecule has 0 spiro atoms. The Morgan fingerprint density at radius 2 is 2.67 bits per heavy atom. The lowest BCUT2D eigenvalue weighted by Gasteiger charge is -2.00. The summed E-state index contributed by atoms with van der Waals surface area (Å²) in [5, 5.41) is 2.68. The average molecular weight is 145 g/mol. The van der Waals surface area contributed by atoms with Crippen LogP contribution in [-0.4, -0.2) is 23.3 Å². The van der Waals surface area contributed by atoms with Gasteiger partial charge in [-0.2, -0.15) is 0 Å². The van der Waals surface area contributed by atoms with E-state index in [9.17, 15) is 9.59 Å². The molecule has 1 aliphatic heterocycles. The molecule has 1 unspecified atom stereocenters. The summed E-state index contributed by atoms with van der Waals surface area (Å²) in [5.41, 5.74) is 0. The van der Waals surface area contributed by atoms with Gasteiger partial charge in [0.1, 0.15) is 6.29 Å². The topological polar surface area (TPSA) is 46.2 Å². The third kappa shape index (κ3) is 1.71. The number of carbonyl (C=O) groups is 2. The lowest BCUT2D eigenvalue weighted by molar-refractivity contribution is -0.118. The number of hydrogen-bond acceptors (Lipinski definition) is 3. The minimum absolute atomic E-state index is 0.0341. The molecule has 0 aromatic carbocycles. The Morgan fingerprint density at radius 1 is 1.89 bits per heavy atom. The molecule has 1 aliphatic rings. The molecule has 0 aromatic heterocycles. The van der Waals surface area contributed by atoms with Crippen molar-refractivity contribution in [3.63, 3.8) is 0 Å². The van der Waals surface area contributed by atoms with Gasteiger partial charge in [-0.05, 0) is 0 Å². The van der Waals surface area contributed by atoms with Gasteiger partial charge in [0.2, 0.25) is 5.91 Å². The highest BCUT2D eigenvalue weighted by atomic mass is 32.2. The molecule has 3 nitrogen and oxygen atoms in total. The molecule has 1 fully saturated rings. The van der Waals surface area contributed by atoms with Gasteiger partial charge in [0.05, 0.1) is 11.1 Å². The zero-order valence-electron chi connectivity index (χ0n) is 4.79. The first-order chi connectivity index (χ1) is 4.33. The van der Waals surface area contributed by atoms with E-state index >= 15 is 0 Å². The van der Waals surface area contributed by atoms with Gasteiger partial charge in [-0.1, -0.05) is 0 Å². The van der Waals surface area contributed by atoms with Gasteiger partial charge in [-0.25, -0.2) is 0 Å². The van der Waals surface area contributed by atoms with Crippen molar-refractivity contribution in [1.29, 1.82) is 0 Å². The number of thioether (sulfide) groups is 1.